The fourth-order valence-corrected chi connectivity index (χ4v) is 1.90. The van der Waals surface area contributed by atoms with Gasteiger partial charge < -0.3 is 21.8 Å². The second-order valence-corrected chi connectivity index (χ2v) is 4.63. The van der Waals surface area contributed by atoms with Gasteiger partial charge in [-0.05, 0) is 23.8 Å². The highest BCUT2D eigenvalue weighted by Gasteiger charge is 2.04. The van der Waals surface area contributed by atoms with Crippen molar-refractivity contribution >= 4 is 23.5 Å². The highest BCUT2D eigenvalue weighted by atomic mass is 16.1. The molecule has 2 aromatic carbocycles. The average molecular weight is 312 g/mol. The normalized spacial score (nSPS) is 9.48. The van der Waals surface area contributed by atoms with Gasteiger partial charge in [-0.3, -0.25) is 4.79 Å². The van der Waals surface area contributed by atoms with Crippen molar-refractivity contribution in [2.24, 2.45) is 0 Å². The Morgan fingerprint density at radius 1 is 1.17 bits per heavy atom. The van der Waals surface area contributed by atoms with Crippen molar-refractivity contribution in [2.45, 2.75) is 20.4 Å². The van der Waals surface area contributed by atoms with Crippen molar-refractivity contribution in [2.75, 3.05) is 17.6 Å². The van der Waals surface area contributed by atoms with Crippen LogP contribution in [0, 0.1) is 5.41 Å². The van der Waals surface area contributed by atoms with Gasteiger partial charge in [0.05, 0.1) is 6.54 Å². The van der Waals surface area contributed by atoms with Crippen LogP contribution in [0.15, 0.2) is 48.5 Å². The summed E-state index contributed by atoms with van der Waals surface area (Å²) in [7, 11) is 0. The molecule has 5 N–H and O–H groups in total. The number of amides is 1. The van der Waals surface area contributed by atoms with Gasteiger partial charge in [0.25, 0.3) is 0 Å². The van der Waals surface area contributed by atoms with E-state index >= 15 is 0 Å². The Morgan fingerprint density at radius 3 is 2.52 bits per heavy atom. The smallest absolute Gasteiger partial charge is 0.238 e. The molecule has 0 aliphatic heterocycles. The molecule has 0 heterocycles. The van der Waals surface area contributed by atoms with Crippen LogP contribution in [-0.2, 0) is 11.3 Å². The molecular weight excluding hydrogens is 288 g/mol. The van der Waals surface area contributed by atoms with Crippen LogP contribution < -0.4 is 16.4 Å². The van der Waals surface area contributed by atoms with Gasteiger partial charge in [-0.25, -0.2) is 0 Å². The molecule has 0 saturated carbocycles. The molecule has 0 aliphatic carbocycles. The highest BCUT2D eigenvalue weighted by molar-refractivity contribution is 5.94. The molecule has 1 amide bonds. The maximum Gasteiger partial charge on any atom is 0.238 e. The quantitative estimate of drug-likeness (QED) is 0.488. The van der Waals surface area contributed by atoms with Gasteiger partial charge in [-0.15, -0.1) is 0 Å². The first-order valence-corrected chi connectivity index (χ1v) is 7.63. The standard InChI is InChI=1S/C16H18N4O.C2H6/c17-9-13-8-14(6-7-15(13)18)20-16(21)11-19-10-12-4-2-1-3-5-12;1-2/h1-9,17,19H,10-11,18H2,(H,20,21);1-2H3. The van der Waals surface area contributed by atoms with Crippen LogP contribution in [0.1, 0.15) is 25.0 Å². The average Bonchev–Trinajstić information content (AvgIpc) is 2.59. The van der Waals surface area contributed by atoms with Crippen LogP contribution in [0.25, 0.3) is 0 Å². The third-order valence-corrected chi connectivity index (χ3v) is 2.98. The van der Waals surface area contributed by atoms with Crippen molar-refractivity contribution in [3.05, 3.63) is 59.7 Å². The third-order valence-electron chi connectivity index (χ3n) is 2.98. The topological polar surface area (TPSA) is 91.0 Å². The number of benzene rings is 2. The third kappa shape index (κ3) is 6.32. The Bertz CT molecular complexity index is 626. The minimum Gasteiger partial charge on any atom is -0.398 e. The van der Waals surface area contributed by atoms with E-state index in [2.05, 4.69) is 10.6 Å². The molecule has 2 rings (SSSR count). The fraction of sp³-hybridized carbons (Fsp3) is 0.222. The summed E-state index contributed by atoms with van der Waals surface area (Å²) in [5.74, 6) is -0.133. The summed E-state index contributed by atoms with van der Waals surface area (Å²) in [4.78, 5) is 11.8. The number of nitrogens with two attached hydrogens (primary N) is 1. The fourth-order valence-electron chi connectivity index (χ4n) is 1.90. The predicted octanol–water partition coefficient (Wildman–Crippen LogP) is 3.02. The molecule has 0 fully saturated rings. The molecule has 0 aliphatic rings. The van der Waals surface area contributed by atoms with Crippen LogP contribution in [0.4, 0.5) is 11.4 Å². The number of rotatable bonds is 6. The maximum absolute atomic E-state index is 11.8. The number of nitrogen functional groups attached to an aromatic ring is 1. The summed E-state index contributed by atoms with van der Waals surface area (Å²) in [6.45, 7) is 4.86. The first-order valence-electron chi connectivity index (χ1n) is 7.63. The molecule has 0 bridgehead atoms. The Balaban J connectivity index is 0.00000127. The summed E-state index contributed by atoms with van der Waals surface area (Å²) < 4.78 is 0. The minimum atomic E-state index is -0.133. The molecule has 0 atom stereocenters. The van der Waals surface area contributed by atoms with E-state index in [0.717, 1.165) is 5.56 Å². The van der Waals surface area contributed by atoms with Crippen LogP contribution in [-0.4, -0.2) is 18.7 Å². The Hall–Kier alpha value is -2.66. The zero-order chi connectivity index (χ0) is 17.1. The summed E-state index contributed by atoms with van der Waals surface area (Å²) in [6.07, 6.45) is 1.17. The van der Waals surface area contributed by atoms with Gasteiger partial charge >= 0.3 is 0 Å². The number of nitrogens with one attached hydrogen (secondary N) is 3. The summed E-state index contributed by atoms with van der Waals surface area (Å²) in [5.41, 5.74) is 8.57. The highest BCUT2D eigenvalue weighted by Crippen LogP contribution is 2.15. The number of carbonyl (C=O) groups excluding carboxylic acids is 1. The van der Waals surface area contributed by atoms with Gasteiger partial charge in [0.2, 0.25) is 5.91 Å². The number of carbonyl (C=O) groups is 1. The summed E-state index contributed by atoms with van der Waals surface area (Å²) >= 11 is 0. The number of hydrogen-bond acceptors (Lipinski definition) is 4. The van der Waals surface area contributed by atoms with E-state index in [1.165, 1.54) is 6.21 Å². The van der Waals surface area contributed by atoms with E-state index < -0.39 is 0 Å². The Kier molecular flexibility index (Phi) is 8.10. The van der Waals surface area contributed by atoms with Crippen molar-refractivity contribution in [1.82, 2.24) is 5.32 Å². The Morgan fingerprint density at radius 2 is 1.87 bits per heavy atom. The number of hydrogen-bond donors (Lipinski definition) is 4. The molecule has 0 saturated heterocycles. The molecule has 0 aromatic heterocycles. The molecular formula is C18H24N4O. The van der Waals surface area contributed by atoms with Crippen molar-refractivity contribution in [3.8, 4) is 0 Å². The Labute approximate surface area is 137 Å². The van der Waals surface area contributed by atoms with E-state index in [0.29, 0.717) is 23.5 Å². The largest absolute Gasteiger partial charge is 0.398 e. The second-order valence-electron chi connectivity index (χ2n) is 4.63. The zero-order valence-electron chi connectivity index (χ0n) is 13.6. The lowest BCUT2D eigenvalue weighted by Gasteiger charge is -2.08. The van der Waals surface area contributed by atoms with E-state index in [4.69, 9.17) is 11.1 Å². The zero-order valence-corrected chi connectivity index (χ0v) is 13.6. The van der Waals surface area contributed by atoms with E-state index in [1.807, 2.05) is 44.2 Å². The van der Waals surface area contributed by atoms with Gasteiger partial charge in [0, 0.05) is 29.7 Å². The van der Waals surface area contributed by atoms with Crippen molar-refractivity contribution in [3.63, 3.8) is 0 Å². The van der Waals surface area contributed by atoms with Crippen LogP contribution in [0.3, 0.4) is 0 Å². The maximum atomic E-state index is 11.8. The van der Waals surface area contributed by atoms with E-state index in [-0.39, 0.29) is 12.5 Å². The summed E-state index contributed by atoms with van der Waals surface area (Å²) in [6, 6.07) is 15.0. The lowest BCUT2D eigenvalue weighted by Crippen LogP contribution is -2.27. The SMILES string of the molecule is CC.N=Cc1cc(NC(=O)CNCc2ccccc2)ccc1N. The molecule has 5 heteroatoms. The lowest BCUT2D eigenvalue weighted by molar-refractivity contribution is -0.115. The molecule has 23 heavy (non-hydrogen) atoms. The monoisotopic (exact) mass is 312 g/mol. The van der Waals surface area contributed by atoms with Crippen molar-refractivity contribution in [1.29, 1.82) is 5.41 Å². The predicted molar refractivity (Wildman–Crippen MR) is 96.9 cm³/mol. The summed E-state index contributed by atoms with van der Waals surface area (Å²) in [5, 5.41) is 13.1. The van der Waals surface area contributed by atoms with Gasteiger partial charge in [0.1, 0.15) is 0 Å². The van der Waals surface area contributed by atoms with Crippen LogP contribution in [0.5, 0.6) is 0 Å². The minimum absolute atomic E-state index is 0.133. The molecule has 0 radical (unpaired) electrons. The molecule has 122 valence electrons. The lowest BCUT2D eigenvalue weighted by atomic mass is 10.1. The van der Waals surface area contributed by atoms with Gasteiger partial charge in [-0.1, -0.05) is 44.2 Å². The van der Waals surface area contributed by atoms with Crippen LogP contribution >= 0.6 is 0 Å². The van der Waals surface area contributed by atoms with Gasteiger partial charge in [0.15, 0.2) is 0 Å². The van der Waals surface area contributed by atoms with Crippen molar-refractivity contribution < 1.29 is 4.79 Å². The van der Waals surface area contributed by atoms with Crippen LogP contribution in [0.2, 0.25) is 0 Å². The first kappa shape index (κ1) is 18.4. The second kappa shape index (κ2) is 10.1. The molecule has 5 nitrogen and oxygen atoms in total. The van der Waals surface area contributed by atoms with Gasteiger partial charge in [-0.2, -0.15) is 0 Å². The van der Waals surface area contributed by atoms with E-state index in [1.54, 1.807) is 18.2 Å². The van der Waals surface area contributed by atoms with E-state index in [9.17, 15) is 4.79 Å². The number of anilines is 2. The molecule has 2 aromatic rings. The first-order chi connectivity index (χ1) is 11.2. The molecule has 0 spiro atoms. The molecule has 0 unspecified atom stereocenters.